The first kappa shape index (κ1) is 19.1. The molecule has 0 atom stereocenters. The molecule has 1 aromatic carbocycles. The maximum atomic E-state index is 12.3. The molecule has 0 spiro atoms. The van der Waals surface area contributed by atoms with E-state index in [1.807, 2.05) is 13.0 Å². The highest BCUT2D eigenvalue weighted by Crippen LogP contribution is 2.27. The van der Waals surface area contributed by atoms with Crippen LogP contribution in [0.4, 0.5) is 0 Å². The van der Waals surface area contributed by atoms with Gasteiger partial charge in [0, 0.05) is 48.7 Å². The quantitative estimate of drug-likeness (QED) is 0.793. The van der Waals surface area contributed by atoms with Gasteiger partial charge in [-0.05, 0) is 38.1 Å². The van der Waals surface area contributed by atoms with E-state index in [9.17, 15) is 4.79 Å². The molecular weight excluding hydrogens is 349 g/mol. The Bertz CT molecular complexity index is 696. The number of piperazine rings is 1. The standard InChI is InChI=1S/C17H22ClN3O2.ClH/c1-12-14-11-13(18)3-4-15(14)23-16(12)17(22)20-5-2-8-21-9-6-19-7-10-21;/h3-4,11,19H,2,5-10H2,1H3,(H,20,22);1H. The van der Waals surface area contributed by atoms with E-state index in [1.54, 1.807) is 12.1 Å². The van der Waals surface area contributed by atoms with E-state index in [-0.39, 0.29) is 18.3 Å². The van der Waals surface area contributed by atoms with Crippen LogP contribution in [-0.2, 0) is 0 Å². The van der Waals surface area contributed by atoms with Crippen LogP contribution in [0.15, 0.2) is 22.6 Å². The van der Waals surface area contributed by atoms with E-state index in [1.165, 1.54) is 0 Å². The number of benzene rings is 1. The number of nitrogens with one attached hydrogen (secondary N) is 2. The number of fused-ring (bicyclic) bond motifs is 1. The number of aryl methyl sites for hydroxylation is 1. The van der Waals surface area contributed by atoms with Gasteiger partial charge in [-0.15, -0.1) is 12.4 Å². The second-order valence-electron chi connectivity index (χ2n) is 5.90. The Hall–Kier alpha value is -1.27. The van der Waals surface area contributed by atoms with E-state index in [2.05, 4.69) is 15.5 Å². The van der Waals surface area contributed by atoms with E-state index in [0.717, 1.165) is 50.1 Å². The molecule has 0 aliphatic carbocycles. The number of rotatable bonds is 5. The first-order valence-corrected chi connectivity index (χ1v) is 8.43. The van der Waals surface area contributed by atoms with Crippen LogP contribution in [0.1, 0.15) is 22.5 Å². The minimum Gasteiger partial charge on any atom is -0.451 e. The molecule has 0 saturated carbocycles. The van der Waals surface area contributed by atoms with Crippen LogP contribution in [0.25, 0.3) is 11.0 Å². The molecule has 1 aromatic heterocycles. The Morgan fingerprint density at radius 1 is 1.38 bits per heavy atom. The number of carbonyl (C=O) groups excluding carboxylic acids is 1. The lowest BCUT2D eigenvalue weighted by atomic mass is 10.1. The molecule has 2 heterocycles. The Morgan fingerprint density at radius 3 is 2.88 bits per heavy atom. The molecule has 0 unspecified atom stereocenters. The summed E-state index contributed by atoms with van der Waals surface area (Å²) in [7, 11) is 0. The fourth-order valence-corrected chi connectivity index (χ4v) is 3.10. The molecule has 3 rings (SSSR count). The lowest BCUT2D eigenvalue weighted by Crippen LogP contribution is -2.44. The predicted molar refractivity (Wildman–Crippen MR) is 99.5 cm³/mol. The van der Waals surface area contributed by atoms with Crippen molar-refractivity contribution >= 4 is 40.9 Å². The van der Waals surface area contributed by atoms with E-state index in [4.69, 9.17) is 16.0 Å². The van der Waals surface area contributed by atoms with Gasteiger partial charge >= 0.3 is 0 Å². The highest BCUT2D eigenvalue weighted by Gasteiger charge is 2.17. The van der Waals surface area contributed by atoms with Crippen LogP contribution in [0.5, 0.6) is 0 Å². The fourth-order valence-electron chi connectivity index (χ4n) is 2.93. The van der Waals surface area contributed by atoms with Gasteiger partial charge in [0.05, 0.1) is 0 Å². The molecule has 0 bridgehead atoms. The van der Waals surface area contributed by atoms with Crippen LogP contribution in [-0.4, -0.2) is 50.1 Å². The third kappa shape index (κ3) is 4.42. The number of hydrogen-bond acceptors (Lipinski definition) is 4. The van der Waals surface area contributed by atoms with E-state index in [0.29, 0.717) is 22.9 Å². The summed E-state index contributed by atoms with van der Waals surface area (Å²) in [5.74, 6) is 0.222. The summed E-state index contributed by atoms with van der Waals surface area (Å²) in [5, 5.41) is 7.82. The number of amides is 1. The highest BCUT2D eigenvalue weighted by atomic mass is 35.5. The molecule has 2 aromatic rings. The van der Waals surface area contributed by atoms with Gasteiger partial charge < -0.3 is 20.0 Å². The molecule has 7 heteroatoms. The third-order valence-electron chi connectivity index (χ3n) is 4.25. The predicted octanol–water partition coefficient (Wildman–Crippen LogP) is 2.84. The minimum absolute atomic E-state index is 0. The van der Waals surface area contributed by atoms with Gasteiger partial charge in [0.25, 0.3) is 5.91 Å². The number of nitrogens with zero attached hydrogens (tertiary/aromatic N) is 1. The van der Waals surface area contributed by atoms with Crippen molar-refractivity contribution < 1.29 is 9.21 Å². The topological polar surface area (TPSA) is 57.5 Å². The Kier molecular flexibility index (Phi) is 6.92. The number of halogens is 2. The van der Waals surface area contributed by atoms with Crippen molar-refractivity contribution in [1.29, 1.82) is 0 Å². The van der Waals surface area contributed by atoms with Crippen LogP contribution in [0.2, 0.25) is 5.02 Å². The van der Waals surface area contributed by atoms with Crippen LogP contribution >= 0.6 is 24.0 Å². The first-order valence-electron chi connectivity index (χ1n) is 8.05. The van der Waals surface area contributed by atoms with Crippen molar-refractivity contribution in [3.63, 3.8) is 0 Å². The lowest BCUT2D eigenvalue weighted by molar-refractivity contribution is 0.0925. The van der Waals surface area contributed by atoms with Gasteiger partial charge in [-0.1, -0.05) is 11.6 Å². The number of hydrogen-bond donors (Lipinski definition) is 2. The Morgan fingerprint density at radius 2 is 2.12 bits per heavy atom. The Balaban J connectivity index is 0.00000208. The van der Waals surface area contributed by atoms with E-state index >= 15 is 0 Å². The average molecular weight is 372 g/mol. The normalized spacial score (nSPS) is 15.2. The second-order valence-corrected chi connectivity index (χ2v) is 6.33. The fraction of sp³-hybridized carbons (Fsp3) is 0.471. The molecule has 1 aliphatic heterocycles. The van der Waals surface area contributed by atoms with Gasteiger partial charge in [0.2, 0.25) is 0 Å². The number of furan rings is 1. The molecule has 132 valence electrons. The molecular formula is C17H23Cl2N3O2. The van der Waals surface area contributed by atoms with Gasteiger partial charge in [0.1, 0.15) is 5.58 Å². The zero-order valence-corrected chi connectivity index (χ0v) is 15.3. The number of carbonyl (C=O) groups is 1. The molecule has 24 heavy (non-hydrogen) atoms. The first-order chi connectivity index (χ1) is 11.1. The summed E-state index contributed by atoms with van der Waals surface area (Å²) >= 11 is 6.00. The molecule has 1 amide bonds. The zero-order chi connectivity index (χ0) is 16.2. The van der Waals surface area contributed by atoms with Crippen molar-refractivity contribution in [3.05, 3.63) is 34.5 Å². The second kappa shape index (κ2) is 8.72. The van der Waals surface area contributed by atoms with Gasteiger partial charge in [-0.3, -0.25) is 4.79 Å². The molecule has 5 nitrogen and oxygen atoms in total. The summed E-state index contributed by atoms with van der Waals surface area (Å²) in [4.78, 5) is 14.7. The minimum atomic E-state index is -0.157. The third-order valence-corrected chi connectivity index (χ3v) is 4.49. The summed E-state index contributed by atoms with van der Waals surface area (Å²) in [6, 6.07) is 5.39. The summed E-state index contributed by atoms with van der Waals surface area (Å²) in [5.41, 5.74) is 1.53. The molecule has 1 fully saturated rings. The van der Waals surface area contributed by atoms with Gasteiger partial charge in [-0.2, -0.15) is 0 Å². The van der Waals surface area contributed by atoms with Crippen molar-refractivity contribution in [1.82, 2.24) is 15.5 Å². The SMILES string of the molecule is Cc1c(C(=O)NCCCN2CCNCC2)oc2ccc(Cl)cc12.Cl. The van der Waals surface area contributed by atoms with E-state index < -0.39 is 0 Å². The van der Waals surface area contributed by atoms with Gasteiger partial charge in [0.15, 0.2) is 5.76 Å². The molecule has 0 radical (unpaired) electrons. The lowest BCUT2D eigenvalue weighted by Gasteiger charge is -2.26. The summed E-state index contributed by atoms with van der Waals surface area (Å²) in [6.45, 7) is 7.81. The monoisotopic (exact) mass is 371 g/mol. The summed E-state index contributed by atoms with van der Waals surface area (Å²) < 4.78 is 5.67. The van der Waals surface area contributed by atoms with Crippen LogP contribution in [0.3, 0.4) is 0 Å². The maximum absolute atomic E-state index is 12.3. The smallest absolute Gasteiger partial charge is 0.287 e. The van der Waals surface area contributed by atoms with Gasteiger partial charge in [-0.25, -0.2) is 0 Å². The average Bonchev–Trinajstić information content (AvgIpc) is 2.89. The zero-order valence-electron chi connectivity index (χ0n) is 13.7. The Labute approximate surface area is 153 Å². The van der Waals surface area contributed by atoms with Crippen molar-refractivity contribution in [2.45, 2.75) is 13.3 Å². The largest absolute Gasteiger partial charge is 0.451 e. The summed E-state index contributed by atoms with van der Waals surface area (Å²) in [6.07, 6.45) is 0.941. The molecule has 2 N–H and O–H groups in total. The van der Waals surface area contributed by atoms with Crippen molar-refractivity contribution in [2.75, 3.05) is 39.3 Å². The van der Waals surface area contributed by atoms with Crippen molar-refractivity contribution in [3.8, 4) is 0 Å². The van der Waals surface area contributed by atoms with Crippen molar-refractivity contribution in [2.24, 2.45) is 0 Å². The van der Waals surface area contributed by atoms with Crippen LogP contribution < -0.4 is 10.6 Å². The molecule has 1 aliphatic rings. The van der Waals surface area contributed by atoms with Crippen LogP contribution in [0, 0.1) is 6.92 Å². The maximum Gasteiger partial charge on any atom is 0.287 e. The molecule has 1 saturated heterocycles. The highest BCUT2D eigenvalue weighted by molar-refractivity contribution is 6.31.